The molecule has 0 N–H and O–H groups in total. The highest BCUT2D eigenvalue weighted by atomic mass is 19.4. The number of fused-ring (bicyclic) bond motifs is 4. The Hall–Kier alpha value is -6.46. The van der Waals surface area contributed by atoms with Gasteiger partial charge in [0.05, 0.1) is 50.7 Å². The fraction of sp³-hybridized carbons (Fsp3) is 0.0250. The molecule has 0 radical (unpaired) electrons. The van der Waals surface area contributed by atoms with Crippen LogP contribution in [-0.2, 0) is 6.18 Å². The van der Waals surface area contributed by atoms with E-state index in [2.05, 4.69) is 0 Å². The van der Waals surface area contributed by atoms with Crippen LogP contribution in [0.2, 0.25) is 0 Å². The summed E-state index contributed by atoms with van der Waals surface area (Å²) in [5, 5.41) is 11.3. The summed E-state index contributed by atoms with van der Waals surface area (Å²) in [4.78, 5) is 29.6. The minimum atomic E-state index is -4.57. The number of hydrogen-bond donors (Lipinski definition) is 0. The largest absolute Gasteiger partial charge is 0.416 e. The van der Waals surface area contributed by atoms with Crippen LogP contribution in [0.4, 0.5) is 18.9 Å². The molecule has 0 unspecified atom stereocenters. The van der Waals surface area contributed by atoms with E-state index >= 15 is 0 Å². The number of carbonyl (C=O) groups excluding carboxylic acids is 2. The van der Waals surface area contributed by atoms with Gasteiger partial charge in [-0.3, -0.25) is 9.59 Å². The molecular formula is C40H22F3N3O2. The van der Waals surface area contributed by atoms with Crippen LogP contribution in [0.3, 0.4) is 0 Å². The third kappa shape index (κ3) is 4.40. The number of benzene rings is 6. The first kappa shape index (κ1) is 29.0. The zero-order valence-corrected chi connectivity index (χ0v) is 25.0. The molecule has 2 heterocycles. The number of rotatable bonds is 4. The van der Waals surface area contributed by atoms with Crippen LogP contribution in [-0.4, -0.2) is 16.4 Å². The molecule has 0 bridgehead atoms. The van der Waals surface area contributed by atoms with Gasteiger partial charge in [0.25, 0.3) is 11.8 Å². The third-order valence-corrected chi connectivity index (χ3v) is 8.81. The number of hydrogen-bond acceptors (Lipinski definition) is 3. The van der Waals surface area contributed by atoms with E-state index in [-0.39, 0.29) is 16.7 Å². The summed E-state index contributed by atoms with van der Waals surface area (Å²) in [5.41, 5.74) is 4.65. The molecule has 1 aromatic heterocycles. The van der Waals surface area contributed by atoms with Crippen molar-refractivity contribution in [3.05, 3.63) is 156 Å². The summed E-state index contributed by atoms with van der Waals surface area (Å²) in [6.07, 6.45) is -4.57. The first-order valence-electron chi connectivity index (χ1n) is 15.1. The second-order valence-corrected chi connectivity index (χ2v) is 11.5. The molecule has 5 nitrogen and oxygen atoms in total. The molecule has 7 aromatic rings. The van der Waals surface area contributed by atoms with E-state index in [1.165, 1.54) is 11.0 Å². The lowest BCUT2D eigenvalue weighted by molar-refractivity contribution is -0.137. The molecule has 8 rings (SSSR count). The lowest BCUT2D eigenvalue weighted by Gasteiger charge is -2.18. The van der Waals surface area contributed by atoms with E-state index in [0.717, 1.165) is 45.1 Å². The Morgan fingerprint density at radius 1 is 0.562 bits per heavy atom. The molecule has 1 aliphatic rings. The third-order valence-electron chi connectivity index (χ3n) is 8.81. The number of halogens is 3. The van der Waals surface area contributed by atoms with Crippen LogP contribution in [0, 0.1) is 11.3 Å². The first-order valence-corrected chi connectivity index (χ1v) is 15.1. The predicted octanol–water partition coefficient (Wildman–Crippen LogP) is 9.81. The summed E-state index contributed by atoms with van der Waals surface area (Å²) >= 11 is 0. The number of carbonyl (C=O) groups is 2. The van der Waals surface area contributed by atoms with Crippen molar-refractivity contribution >= 4 is 39.3 Å². The van der Waals surface area contributed by atoms with Crippen molar-refractivity contribution in [1.29, 1.82) is 5.26 Å². The normalized spacial score (nSPS) is 12.9. The number of anilines is 1. The SMILES string of the molecule is N#Cc1cc(C(F)(F)F)ccc1-c1ccc2c(c1)c1ccccc1n2-c1cccc2c1C(=O)N(c1ccccc1-c1ccccc1)C2=O. The molecule has 48 heavy (non-hydrogen) atoms. The van der Waals surface area contributed by atoms with Gasteiger partial charge in [-0.25, -0.2) is 4.90 Å². The smallest absolute Gasteiger partial charge is 0.308 e. The molecule has 6 aromatic carbocycles. The molecular weight excluding hydrogens is 611 g/mol. The number of nitrogens with zero attached hydrogens (tertiary/aromatic N) is 3. The van der Waals surface area contributed by atoms with Gasteiger partial charge in [-0.05, 0) is 65.2 Å². The Labute approximate surface area is 272 Å². The summed E-state index contributed by atoms with van der Waals surface area (Å²) in [6.45, 7) is 0. The van der Waals surface area contributed by atoms with Crippen molar-refractivity contribution in [1.82, 2.24) is 4.57 Å². The van der Waals surface area contributed by atoms with Crippen LogP contribution in [0.1, 0.15) is 31.8 Å². The summed E-state index contributed by atoms with van der Waals surface area (Å²) in [7, 11) is 0. The number of para-hydroxylation sites is 2. The van der Waals surface area contributed by atoms with Crippen LogP contribution < -0.4 is 4.90 Å². The molecule has 8 heteroatoms. The average Bonchev–Trinajstić information content (AvgIpc) is 3.58. The van der Waals surface area contributed by atoms with Crippen molar-refractivity contribution in [2.45, 2.75) is 6.18 Å². The van der Waals surface area contributed by atoms with E-state index in [1.54, 1.807) is 36.4 Å². The minimum absolute atomic E-state index is 0.0891. The van der Waals surface area contributed by atoms with Gasteiger partial charge in [0, 0.05) is 16.3 Å². The molecule has 0 saturated heterocycles. The Morgan fingerprint density at radius 3 is 2.04 bits per heavy atom. The number of nitriles is 1. The van der Waals surface area contributed by atoms with Gasteiger partial charge in [0.15, 0.2) is 0 Å². The number of amides is 2. The quantitative estimate of drug-likeness (QED) is 0.181. The molecule has 0 fully saturated rings. The minimum Gasteiger partial charge on any atom is -0.308 e. The van der Waals surface area contributed by atoms with Gasteiger partial charge in [-0.1, -0.05) is 84.9 Å². The highest BCUT2D eigenvalue weighted by molar-refractivity contribution is 6.36. The predicted molar refractivity (Wildman–Crippen MR) is 179 cm³/mol. The molecule has 0 atom stereocenters. The van der Waals surface area contributed by atoms with E-state index in [0.29, 0.717) is 22.5 Å². The highest BCUT2D eigenvalue weighted by Gasteiger charge is 2.40. The second kappa shape index (κ2) is 10.8. The molecule has 1 aliphatic heterocycles. The van der Waals surface area contributed by atoms with Gasteiger partial charge in [-0.15, -0.1) is 0 Å². The zero-order valence-electron chi connectivity index (χ0n) is 25.0. The van der Waals surface area contributed by atoms with Gasteiger partial charge in [0.2, 0.25) is 0 Å². The van der Waals surface area contributed by atoms with E-state index in [9.17, 15) is 28.0 Å². The van der Waals surface area contributed by atoms with E-state index in [1.807, 2.05) is 89.5 Å². The lowest BCUT2D eigenvalue weighted by Crippen LogP contribution is -2.30. The Morgan fingerprint density at radius 2 is 1.25 bits per heavy atom. The first-order chi connectivity index (χ1) is 23.3. The molecule has 0 aliphatic carbocycles. The van der Waals surface area contributed by atoms with E-state index < -0.39 is 23.6 Å². The van der Waals surface area contributed by atoms with Crippen molar-refractivity contribution in [3.8, 4) is 34.0 Å². The fourth-order valence-electron chi connectivity index (χ4n) is 6.67. The van der Waals surface area contributed by atoms with Crippen molar-refractivity contribution in [2.24, 2.45) is 0 Å². The maximum Gasteiger partial charge on any atom is 0.416 e. The lowest BCUT2D eigenvalue weighted by atomic mass is 9.96. The van der Waals surface area contributed by atoms with Gasteiger partial charge in [-0.2, -0.15) is 18.4 Å². The summed E-state index contributed by atoms with van der Waals surface area (Å²) < 4.78 is 42.1. The zero-order chi connectivity index (χ0) is 33.2. The van der Waals surface area contributed by atoms with Crippen LogP contribution >= 0.6 is 0 Å². The van der Waals surface area contributed by atoms with Crippen LogP contribution in [0.15, 0.2) is 133 Å². The Kier molecular flexibility index (Phi) is 6.53. The monoisotopic (exact) mass is 633 g/mol. The molecule has 0 spiro atoms. The Balaban J connectivity index is 1.30. The van der Waals surface area contributed by atoms with Crippen molar-refractivity contribution in [2.75, 3.05) is 4.90 Å². The standard InChI is InChI=1S/C40H22F3N3O2/c41-40(42,43)27-18-19-28(26(21-27)23-44)25-17-20-35-32(22-25)30-12-5-7-15-34(30)45(35)36-16-8-13-31-37(36)39(48)46(38(31)47)33-14-6-4-11-29(33)24-9-2-1-3-10-24/h1-22H. The maximum atomic E-state index is 14.4. The molecule has 230 valence electrons. The van der Waals surface area contributed by atoms with Gasteiger partial charge in [0.1, 0.15) is 0 Å². The van der Waals surface area contributed by atoms with Gasteiger partial charge >= 0.3 is 6.18 Å². The second-order valence-electron chi connectivity index (χ2n) is 11.5. The van der Waals surface area contributed by atoms with E-state index in [4.69, 9.17) is 0 Å². The molecule has 0 saturated carbocycles. The summed E-state index contributed by atoms with van der Waals surface area (Å²) in [5.74, 6) is -0.866. The maximum absolute atomic E-state index is 14.4. The topological polar surface area (TPSA) is 66.1 Å². The highest BCUT2D eigenvalue weighted by Crippen LogP contribution is 2.41. The summed E-state index contributed by atoms with van der Waals surface area (Å²) in [6, 6.07) is 40.2. The number of aromatic nitrogens is 1. The van der Waals surface area contributed by atoms with Crippen LogP contribution in [0.25, 0.3) is 49.7 Å². The average molecular weight is 634 g/mol. The molecule has 2 amide bonds. The fourth-order valence-corrected chi connectivity index (χ4v) is 6.67. The van der Waals surface area contributed by atoms with Crippen molar-refractivity contribution in [3.63, 3.8) is 0 Å². The Bertz CT molecular complexity index is 2510. The van der Waals surface area contributed by atoms with Crippen LogP contribution in [0.5, 0.6) is 0 Å². The van der Waals surface area contributed by atoms with Gasteiger partial charge < -0.3 is 4.57 Å². The number of alkyl halides is 3. The number of imide groups is 1. The van der Waals surface area contributed by atoms with Crippen molar-refractivity contribution < 1.29 is 22.8 Å².